The normalized spacial score (nSPS) is 14.3. The molecule has 0 fully saturated rings. The first kappa shape index (κ1) is 21.2. The number of para-hydroxylation sites is 1. The van der Waals surface area contributed by atoms with Crippen LogP contribution in [-0.4, -0.2) is 27.2 Å². The second-order valence-electron chi connectivity index (χ2n) is 8.23. The summed E-state index contributed by atoms with van der Waals surface area (Å²) in [5, 5.41) is 10.5. The zero-order chi connectivity index (χ0) is 22.1. The third kappa shape index (κ3) is 4.17. The predicted molar refractivity (Wildman–Crippen MR) is 130 cm³/mol. The number of fused-ring (bicyclic) bond motifs is 2. The topological polar surface area (TPSA) is 59.8 Å². The van der Waals surface area contributed by atoms with E-state index < -0.39 is 0 Å². The summed E-state index contributed by atoms with van der Waals surface area (Å²) in [6.07, 6.45) is 5.48. The molecular formula is C25H25ClN4OS. The molecule has 32 heavy (non-hydrogen) atoms. The Morgan fingerprint density at radius 1 is 1.16 bits per heavy atom. The molecule has 0 radical (unpaired) electrons. The minimum Gasteiger partial charge on any atom is -0.350 e. The third-order valence-corrected chi connectivity index (χ3v) is 7.53. The Kier molecular flexibility index (Phi) is 5.98. The van der Waals surface area contributed by atoms with E-state index in [1.807, 2.05) is 53.2 Å². The second-order valence-corrected chi connectivity index (χ2v) is 9.83. The molecule has 0 spiro atoms. The Morgan fingerprint density at radius 2 is 1.94 bits per heavy atom. The maximum Gasteiger partial charge on any atom is 0.272 e. The average Bonchev–Trinajstić information content (AvgIpc) is 3.40. The highest BCUT2D eigenvalue weighted by Crippen LogP contribution is 2.28. The van der Waals surface area contributed by atoms with Gasteiger partial charge in [0.1, 0.15) is 0 Å². The number of rotatable bonds is 6. The van der Waals surface area contributed by atoms with E-state index in [9.17, 15) is 4.79 Å². The van der Waals surface area contributed by atoms with Crippen molar-refractivity contribution in [3.8, 4) is 0 Å². The van der Waals surface area contributed by atoms with Gasteiger partial charge in [-0.15, -0.1) is 11.3 Å². The van der Waals surface area contributed by atoms with Crippen molar-refractivity contribution < 1.29 is 4.79 Å². The summed E-state index contributed by atoms with van der Waals surface area (Å²) in [4.78, 5) is 19.2. The Bertz CT molecular complexity index is 1240. The lowest BCUT2D eigenvalue weighted by Gasteiger charge is -2.14. The fraction of sp³-hybridized carbons (Fsp3) is 0.320. The largest absolute Gasteiger partial charge is 0.350 e. The molecule has 2 heterocycles. The molecule has 1 atom stereocenters. The number of nitrogens with one attached hydrogen (secondary N) is 1. The first-order valence-corrected chi connectivity index (χ1v) is 12.3. The minimum atomic E-state index is -0.149. The van der Waals surface area contributed by atoms with Crippen molar-refractivity contribution in [1.29, 1.82) is 0 Å². The molecule has 1 aliphatic carbocycles. The molecule has 164 valence electrons. The van der Waals surface area contributed by atoms with Crippen LogP contribution >= 0.6 is 22.9 Å². The van der Waals surface area contributed by atoms with Gasteiger partial charge >= 0.3 is 0 Å². The van der Waals surface area contributed by atoms with Crippen LogP contribution in [0.4, 0.5) is 0 Å². The van der Waals surface area contributed by atoms with E-state index in [-0.39, 0.29) is 11.9 Å². The van der Waals surface area contributed by atoms with Gasteiger partial charge in [-0.2, -0.15) is 5.10 Å². The van der Waals surface area contributed by atoms with Crippen LogP contribution in [0.25, 0.3) is 10.9 Å². The van der Waals surface area contributed by atoms with E-state index in [1.54, 1.807) is 11.3 Å². The Labute approximate surface area is 196 Å². The molecule has 1 amide bonds. The van der Waals surface area contributed by atoms with Crippen molar-refractivity contribution in [2.24, 2.45) is 0 Å². The van der Waals surface area contributed by atoms with E-state index in [2.05, 4.69) is 12.2 Å². The number of thiazole rings is 1. The molecule has 0 bridgehead atoms. The molecular weight excluding hydrogens is 440 g/mol. The number of nitrogens with zero attached hydrogens (tertiary/aromatic N) is 3. The van der Waals surface area contributed by atoms with Gasteiger partial charge < -0.3 is 5.32 Å². The molecule has 0 saturated carbocycles. The molecule has 5 rings (SSSR count). The first-order chi connectivity index (χ1) is 15.6. The maximum absolute atomic E-state index is 13.0. The zero-order valence-corrected chi connectivity index (χ0v) is 19.5. The molecule has 4 aromatic rings. The van der Waals surface area contributed by atoms with E-state index in [0.717, 1.165) is 40.7 Å². The van der Waals surface area contributed by atoms with Crippen LogP contribution in [0.2, 0.25) is 5.02 Å². The van der Waals surface area contributed by atoms with Gasteiger partial charge in [0, 0.05) is 28.3 Å². The third-order valence-electron chi connectivity index (χ3n) is 6.06. The van der Waals surface area contributed by atoms with Crippen LogP contribution in [0.1, 0.15) is 57.4 Å². The number of carbonyl (C=O) groups is 1. The Hall–Kier alpha value is -2.70. The van der Waals surface area contributed by atoms with Gasteiger partial charge in [-0.3, -0.25) is 9.48 Å². The summed E-state index contributed by atoms with van der Waals surface area (Å²) in [6.45, 7) is 2.63. The summed E-state index contributed by atoms with van der Waals surface area (Å²) in [7, 11) is 0. The number of aryl methyl sites for hydroxylation is 2. The number of amides is 1. The molecule has 0 aliphatic heterocycles. The van der Waals surface area contributed by atoms with Gasteiger partial charge in [0.25, 0.3) is 5.91 Å². The fourth-order valence-electron chi connectivity index (χ4n) is 4.31. The summed E-state index contributed by atoms with van der Waals surface area (Å²) in [5.74, 6) is -0.149. The Balaban J connectivity index is 1.33. The van der Waals surface area contributed by atoms with Crippen LogP contribution in [-0.2, 0) is 19.3 Å². The van der Waals surface area contributed by atoms with Crippen molar-refractivity contribution >= 4 is 39.7 Å². The maximum atomic E-state index is 13.0. The molecule has 1 N–H and O–H groups in total. The average molecular weight is 465 g/mol. The number of hydrogen-bond donors (Lipinski definition) is 1. The predicted octanol–water partition coefficient (Wildman–Crippen LogP) is 5.61. The van der Waals surface area contributed by atoms with Crippen LogP contribution in [0, 0.1) is 0 Å². The van der Waals surface area contributed by atoms with Crippen LogP contribution < -0.4 is 5.32 Å². The van der Waals surface area contributed by atoms with E-state index in [0.29, 0.717) is 17.3 Å². The lowest BCUT2D eigenvalue weighted by atomic mass is 10.0. The lowest BCUT2D eigenvalue weighted by molar-refractivity contribution is 0.0949. The molecule has 2 aromatic carbocycles. The smallest absolute Gasteiger partial charge is 0.272 e. The number of carbonyl (C=O) groups excluding carboxylic acids is 1. The minimum absolute atomic E-state index is 0.0274. The molecule has 2 aromatic heterocycles. The van der Waals surface area contributed by atoms with Crippen molar-refractivity contribution in [3.63, 3.8) is 0 Å². The van der Waals surface area contributed by atoms with Gasteiger partial charge in [-0.05, 0) is 56.4 Å². The quantitative estimate of drug-likeness (QED) is 0.403. The SMILES string of the molecule is CC(c1ccc(Cl)cc1)n1nc(C(=O)NCCc2nc3c(s2)CCCC3)c2ccccc21. The first-order valence-electron chi connectivity index (χ1n) is 11.1. The highest BCUT2D eigenvalue weighted by atomic mass is 35.5. The lowest BCUT2D eigenvalue weighted by Crippen LogP contribution is -2.26. The number of halogens is 1. The van der Waals surface area contributed by atoms with Crippen LogP contribution in [0.3, 0.4) is 0 Å². The summed E-state index contributed by atoms with van der Waals surface area (Å²) in [5.41, 5.74) is 3.75. The van der Waals surface area contributed by atoms with Gasteiger partial charge in [-0.1, -0.05) is 41.9 Å². The van der Waals surface area contributed by atoms with Crippen molar-refractivity contribution in [2.45, 2.75) is 45.1 Å². The van der Waals surface area contributed by atoms with E-state index in [1.165, 1.54) is 23.4 Å². The standard InChI is InChI=1S/C25H25ClN4OS/c1-16(17-10-12-18(26)13-11-17)30-21-8-4-2-6-19(21)24(29-30)25(31)27-15-14-23-28-20-7-3-5-9-22(20)32-23/h2,4,6,8,10-13,16H,3,5,7,9,14-15H2,1H3,(H,27,31). The second kappa shape index (κ2) is 9.04. The van der Waals surface area contributed by atoms with Gasteiger partial charge in [-0.25, -0.2) is 4.98 Å². The highest BCUT2D eigenvalue weighted by molar-refractivity contribution is 7.11. The van der Waals surface area contributed by atoms with Crippen molar-refractivity contribution in [3.05, 3.63) is 80.4 Å². The number of hydrogen-bond acceptors (Lipinski definition) is 4. The fourth-order valence-corrected chi connectivity index (χ4v) is 5.60. The summed E-state index contributed by atoms with van der Waals surface area (Å²) >= 11 is 7.85. The monoisotopic (exact) mass is 464 g/mol. The van der Waals surface area contributed by atoms with Gasteiger partial charge in [0.2, 0.25) is 0 Å². The van der Waals surface area contributed by atoms with Crippen LogP contribution in [0.15, 0.2) is 48.5 Å². The molecule has 1 unspecified atom stereocenters. The number of benzene rings is 2. The van der Waals surface area contributed by atoms with Gasteiger partial charge in [0.05, 0.1) is 22.3 Å². The van der Waals surface area contributed by atoms with Crippen LogP contribution in [0.5, 0.6) is 0 Å². The van der Waals surface area contributed by atoms with Gasteiger partial charge in [0.15, 0.2) is 5.69 Å². The number of aromatic nitrogens is 3. The molecule has 1 aliphatic rings. The highest BCUT2D eigenvalue weighted by Gasteiger charge is 2.21. The van der Waals surface area contributed by atoms with E-state index in [4.69, 9.17) is 21.7 Å². The molecule has 0 saturated heterocycles. The molecule has 5 nitrogen and oxygen atoms in total. The zero-order valence-electron chi connectivity index (χ0n) is 18.0. The van der Waals surface area contributed by atoms with E-state index >= 15 is 0 Å². The molecule has 7 heteroatoms. The Morgan fingerprint density at radius 3 is 2.75 bits per heavy atom. The summed E-state index contributed by atoms with van der Waals surface area (Å²) in [6, 6.07) is 15.6. The van der Waals surface area contributed by atoms with Crippen molar-refractivity contribution in [1.82, 2.24) is 20.1 Å². The van der Waals surface area contributed by atoms with Crippen molar-refractivity contribution in [2.75, 3.05) is 6.54 Å². The summed E-state index contributed by atoms with van der Waals surface area (Å²) < 4.78 is 1.92.